The van der Waals surface area contributed by atoms with Crippen molar-refractivity contribution in [2.75, 3.05) is 0 Å². The number of carbonyl (C=O) groups is 1. The fourth-order valence-electron chi connectivity index (χ4n) is 2.54. The van der Waals surface area contributed by atoms with Crippen LogP contribution in [0.3, 0.4) is 0 Å². The smallest absolute Gasteiger partial charge is 0.258 e. The van der Waals surface area contributed by atoms with E-state index in [0.29, 0.717) is 11.4 Å². The minimum Gasteiger partial charge on any atom is -0.271 e. The molecule has 2 aromatic carbocycles. The number of nitrogens with zero attached hydrogens (tertiary/aromatic N) is 1. The van der Waals surface area contributed by atoms with Crippen LogP contribution in [0.1, 0.15) is 29.2 Å². The normalized spacial score (nSPS) is 20.4. The first-order valence-electron chi connectivity index (χ1n) is 7.78. The third-order valence-corrected chi connectivity index (χ3v) is 4.21. The number of carbonyl (C=O) groups excluding carboxylic acids is 1. The van der Waals surface area contributed by atoms with Gasteiger partial charge in [-0.2, -0.15) is 5.10 Å². The van der Waals surface area contributed by atoms with Crippen LogP contribution < -0.4 is 16.3 Å². The predicted octanol–water partition coefficient (Wildman–Crippen LogP) is 2.71. The number of benzene rings is 2. The van der Waals surface area contributed by atoms with E-state index in [2.05, 4.69) is 21.4 Å². The SMILES string of the molecule is Cc1ccc(/C=N/NC(=O)C2CC(c3ccc(Cl)cc3)NN2)cc1. The van der Waals surface area contributed by atoms with Crippen molar-refractivity contribution in [3.8, 4) is 0 Å². The Balaban J connectivity index is 1.52. The van der Waals surface area contributed by atoms with Gasteiger partial charge in [0.05, 0.1) is 6.21 Å². The number of hydrogen-bond acceptors (Lipinski definition) is 4. The fourth-order valence-corrected chi connectivity index (χ4v) is 2.67. The number of hydrazone groups is 1. The molecule has 0 aromatic heterocycles. The molecule has 0 saturated carbocycles. The van der Waals surface area contributed by atoms with Crippen LogP contribution in [0.2, 0.25) is 5.02 Å². The summed E-state index contributed by atoms with van der Waals surface area (Å²) in [5.41, 5.74) is 11.9. The van der Waals surface area contributed by atoms with Crippen molar-refractivity contribution < 1.29 is 4.79 Å². The molecular weight excluding hydrogens is 324 g/mol. The number of hydrogen-bond donors (Lipinski definition) is 3. The second-order valence-corrected chi connectivity index (χ2v) is 6.26. The van der Waals surface area contributed by atoms with Crippen LogP contribution in [0.15, 0.2) is 53.6 Å². The van der Waals surface area contributed by atoms with Gasteiger partial charge in [0, 0.05) is 11.1 Å². The Labute approximate surface area is 146 Å². The lowest BCUT2D eigenvalue weighted by molar-refractivity contribution is -0.122. The van der Waals surface area contributed by atoms with Gasteiger partial charge in [-0.05, 0) is 36.6 Å². The molecule has 1 aliphatic rings. The summed E-state index contributed by atoms with van der Waals surface area (Å²) in [5, 5.41) is 4.71. The highest BCUT2D eigenvalue weighted by Crippen LogP contribution is 2.23. The van der Waals surface area contributed by atoms with E-state index in [1.165, 1.54) is 5.56 Å². The monoisotopic (exact) mass is 342 g/mol. The molecule has 2 aromatic rings. The highest BCUT2D eigenvalue weighted by atomic mass is 35.5. The van der Waals surface area contributed by atoms with Crippen LogP contribution in [0.25, 0.3) is 0 Å². The molecule has 2 atom stereocenters. The molecule has 1 fully saturated rings. The number of halogens is 1. The van der Waals surface area contributed by atoms with E-state index < -0.39 is 0 Å². The van der Waals surface area contributed by atoms with Crippen LogP contribution in [0.4, 0.5) is 0 Å². The summed E-state index contributed by atoms with van der Waals surface area (Å²) in [4.78, 5) is 12.2. The minimum absolute atomic E-state index is 0.0686. The van der Waals surface area contributed by atoms with Gasteiger partial charge in [-0.15, -0.1) is 0 Å². The molecule has 1 amide bonds. The van der Waals surface area contributed by atoms with E-state index in [1.54, 1.807) is 6.21 Å². The van der Waals surface area contributed by atoms with Crippen molar-refractivity contribution in [2.45, 2.75) is 25.4 Å². The van der Waals surface area contributed by atoms with E-state index in [-0.39, 0.29) is 18.0 Å². The first kappa shape index (κ1) is 16.6. The molecule has 0 spiro atoms. The maximum absolute atomic E-state index is 12.2. The standard InChI is InChI=1S/C18H19ClN4O/c1-12-2-4-13(5-3-12)11-20-23-18(24)17-10-16(21-22-17)14-6-8-15(19)9-7-14/h2-9,11,16-17,21-22H,10H2,1H3,(H,23,24)/b20-11+. The quantitative estimate of drug-likeness (QED) is 0.591. The van der Waals surface area contributed by atoms with Crippen molar-refractivity contribution in [1.29, 1.82) is 0 Å². The maximum atomic E-state index is 12.2. The van der Waals surface area contributed by atoms with Gasteiger partial charge < -0.3 is 0 Å². The second kappa shape index (κ2) is 7.57. The van der Waals surface area contributed by atoms with E-state index in [4.69, 9.17) is 11.6 Å². The Morgan fingerprint density at radius 2 is 1.88 bits per heavy atom. The summed E-state index contributed by atoms with van der Waals surface area (Å²) in [6, 6.07) is 15.3. The van der Waals surface area contributed by atoms with E-state index >= 15 is 0 Å². The van der Waals surface area contributed by atoms with Gasteiger partial charge in [0.2, 0.25) is 0 Å². The lowest BCUT2D eigenvalue weighted by atomic mass is 10.0. The summed E-state index contributed by atoms with van der Waals surface area (Å²) in [7, 11) is 0. The fraction of sp³-hybridized carbons (Fsp3) is 0.222. The van der Waals surface area contributed by atoms with Gasteiger partial charge in [0.25, 0.3) is 5.91 Å². The topological polar surface area (TPSA) is 65.5 Å². The average Bonchev–Trinajstić information content (AvgIpc) is 3.07. The number of amides is 1. The molecule has 1 heterocycles. The predicted molar refractivity (Wildman–Crippen MR) is 95.8 cm³/mol. The third kappa shape index (κ3) is 4.20. The molecule has 3 rings (SSSR count). The van der Waals surface area contributed by atoms with Gasteiger partial charge in [-0.25, -0.2) is 16.3 Å². The van der Waals surface area contributed by atoms with Gasteiger partial charge in [-0.1, -0.05) is 53.6 Å². The molecule has 5 nitrogen and oxygen atoms in total. The van der Waals surface area contributed by atoms with Crippen LogP contribution in [-0.2, 0) is 4.79 Å². The van der Waals surface area contributed by atoms with Crippen molar-refractivity contribution in [3.63, 3.8) is 0 Å². The van der Waals surface area contributed by atoms with Crippen molar-refractivity contribution in [3.05, 3.63) is 70.2 Å². The second-order valence-electron chi connectivity index (χ2n) is 5.83. The Morgan fingerprint density at radius 3 is 2.58 bits per heavy atom. The summed E-state index contributed by atoms with van der Waals surface area (Å²) in [6.45, 7) is 2.03. The van der Waals surface area contributed by atoms with E-state index in [9.17, 15) is 4.79 Å². The van der Waals surface area contributed by atoms with Gasteiger partial charge in [-0.3, -0.25) is 4.79 Å². The summed E-state index contributed by atoms with van der Waals surface area (Å²) < 4.78 is 0. The molecular formula is C18H19ClN4O. The molecule has 1 aliphatic heterocycles. The zero-order chi connectivity index (χ0) is 16.9. The largest absolute Gasteiger partial charge is 0.271 e. The number of rotatable bonds is 4. The average molecular weight is 343 g/mol. The van der Waals surface area contributed by atoms with E-state index in [1.807, 2.05) is 55.5 Å². The zero-order valence-corrected chi connectivity index (χ0v) is 14.0. The molecule has 24 heavy (non-hydrogen) atoms. The zero-order valence-electron chi connectivity index (χ0n) is 13.3. The first-order valence-corrected chi connectivity index (χ1v) is 8.16. The Morgan fingerprint density at radius 1 is 1.17 bits per heavy atom. The number of hydrazine groups is 1. The summed E-state index contributed by atoms with van der Waals surface area (Å²) in [5.74, 6) is -0.165. The lowest BCUT2D eigenvalue weighted by Gasteiger charge is -2.09. The molecule has 0 radical (unpaired) electrons. The minimum atomic E-state index is -0.333. The number of nitrogens with one attached hydrogen (secondary N) is 3. The molecule has 124 valence electrons. The van der Waals surface area contributed by atoms with Crippen LogP contribution in [0.5, 0.6) is 0 Å². The van der Waals surface area contributed by atoms with Crippen LogP contribution in [-0.4, -0.2) is 18.2 Å². The Kier molecular flexibility index (Phi) is 5.25. The van der Waals surface area contributed by atoms with Gasteiger partial charge >= 0.3 is 0 Å². The molecule has 0 bridgehead atoms. The molecule has 0 aliphatic carbocycles. The van der Waals surface area contributed by atoms with E-state index in [0.717, 1.165) is 11.1 Å². The van der Waals surface area contributed by atoms with Crippen LogP contribution >= 0.6 is 11.6 Å². The Bertz CT molecular complexity index is 728. The first-order chi connectivity index (χ1) is 11.6. The molecule has 6 heteroatoms. The van der Waals surface area contributed by atoms with Crippen molar-refractivity contribution >= 4 is 23.7 Å². The van der Waals surface area contributed by atoms with Gasteiger partial charge in [0.1, 0.15) is 6.04 Å². The maximum Gasteiger partial charge on any atom is 0.258 e. The molecule has 1 saturated heterocycles. The van der Waals surface area contributed by atoms with Crippen molar-refractivity contribution in [1.82, 2.24) is 16.3 Å². The van der Waals surface area contributed by atoms with Gasteiger partial charge in [0.15, 0.2) is 0 Å². The van der Waals surface area contributed by atoms with Crippen molar-refractivity contribution in [2.24, 2.45) is 5.10 Å². The highest BCUT2D eigenvalue weighted by Gasteiger charge is 2.29. The molecule has 3 N–H and O–H groups in total. The number of aryl methyl sites for hydroxylation is 1. The third-order valence-electron chi connectivity index (χ3n) is 3.96. The summed E-state index contributed by atoms with van der Waals surface area (Å²) in [6.07, 6.45) is 2.28. The van der Waals surface area contributed by atoms with Crippen LogP contribution in [0, 0.1) is 6.92 Å². The highest BCUT2D eigenvalue weighted by molar-refractivity contribution is 6.30. The summed E-state index contributed by atoms with van der Waals surface area (Å²) >= 11 is 5.90. The lowest BCUT2D eigenvalue weighted by Crippen LogP contribution is -2.41. The molecule has 2 unspecified atom stereocenters. The Hall–Kier alpha value is -2.21.